The summed E-state index contributed by atoms with van der Waals surface area (Å²) in [5, 5.41) is 10.1. The van der Waals surface area contributed by atoms with Gasteiger partial charge in [0.2, 0.25) is 11.8 Å². The minimum Gasteiger partial charge on any atom is -0.355 e. The monoisotopic (exact) mass is 496 g/mol. The second-order valence-electron chi connectivity index (χ2n) is 9.62. The van der Waals surface area contributed by atoms with E-state index >= 15 is 0 Å². The molecule has 3 aromatic rings. The smallest absolute Gasteiger partial charge is 0.240 e. The summed E-state index contributed by atoms with van der Waals surface area (Å²) in [6.07, 6.45) is 0.844. The summed E-state index contributed by atoms with van der Waals surface area (Å²) in [5.74, 6) is 0.771. The molecule has 0 saturated carbocycles. The molecule has 6 nitrogen and oxygen atoms in total. The first kappa shape index (κ1) is 24.5. The van der Waals surface area contributed by atoms with E-state index in [-0.39, 0.29) is 29.0 Å². The summed E-state index contributed by atoms with van der Waals surface area (Å²) in [6, 6.07) is 12.3. The van der Waals surface area contributed by atoms with Crippen LogP contribution in [0.4, 0.5) is 5.82 Å². The molecule has 4 rings (SSSR count). The van der Waals surface area contributed by atoms with Crippen LogP contribution in [0.2, 0.25) is 0 Å². The van der Waals surface area contributed by atoms with E-state index in [1.165, 1.54) is 4.88 Å². The SMILES string of the molecule is CCCNC(=O)CN1C(=O)CSC(c2cccs2)c2c(C(C)(C)C)nn(-c3cccc(C)c3)c21. The van der Waals surface area contributed by atoms with Gasteiger partial charge in [-0.25, -0.2) is 4.68 Å². The zero-order valence-corrected chi connectivity index (χ0v) is 22.1. The molecule has 1 atom stereocenters. The van der Waals surface area contributed by atoms with Crippen molar-refractivity contribution in [2.45, 2.75) is 51.7 Å². The first-order valence-electron chi connectivity index (χ1n) is 11.6. The molecule has 180 valence electrons. The zero-order valence-electron chi connectivity index (χ0n) is 20.4. The molecule has 8 heteroatoms. The Kier molecular flexibility index (Phi) is 7.19. The number of hydrogen-bond acceptors (Lipinski definition) is 5. The minimum absolute atomic E-state index is 0.0232. The average molecular weight is 497 g/mol. The van der Waals surface area contributed by atoms with Crippen molar-refractivity contribution < 1.29 is 9.59 Å². The third-order valence-corrected chi connectivity index (χ3v) is 8.04. The van der Waals surface area contributed by atoms with Crippen molar-refractivity contribution in [1.82, 2.24) is 15.1 Å². The van der Waals surface area contributed by atoms with Crippen LogP contribution >= 0.6 is 23.1 Å². The second-order valence-corrected chi connectivity index (χ2v) is 11.7. The van der Waals surface area contributed by atoms with Gasteiger partial charge in [0, 0.05) is 22.4 Å². The van der Waals surface area contributed by atoms with E-state index in [9.17, 15) is 9.59 Å². The molecular formula is C26H32N4O2S2. The van der Waals surface area contributed by atoms with E-state index < -0.39 is 0 Å². The lowest BCUT2D eigenvalue weighted by atomic mass is 9.88. The van der Waals surface area contributed by atoms with Crippen LogP contribution in [-0.4, -0.2) is 40.4 Å². The van der Waals surface area contributed by atoms with Gasteiger partial charge in [-0.1, -0.05) is 45.9 Å². The van der Waals surface area contributed by atoms with Crippen LogP contribution in [0, 0.1) is 6.92 Å². The number of nitrogens with zero attached hydrogens (tertiary/aromatic N) is 3. The number of hydrogen-bond donors (Lipinski definition) is 1. The molecule has 1 aliphatic heterocycles. The molecule has 0 aliphatic carbocycles. The van der Waals surface area contributed by atoms with Crippen LogP contribution in [0.25, 0.3) is 5.69 Å². The first-order valence-corrected chi connectivity index (χ1v) is 13.6. The second kappa shape index (κ2) is 9.96. The fourth-order valence-corrected chi connectivity index (χ4v) is 6.32. The third-order valence-electron chi connectivity index (χ3n) is 5.72. The number of thiophene rings is 1. The fraction of sp³-hybridized carbons (Fsp3) is 0.423. The highest BCUT2D eigenvalue weighted by Gasteiger charge is 2.40. The van der Waals surface area contributed by atoms with E-state index in [4.69, 9.17) is 5.10 Å². The van der Waals surface area contributed by atoms with Crippen LogP contribution in [0.15, 0.2) is 41.8 Å². The van der Waals surface area contributed by atoms with Gasteiger partial charge in [0.1, 0.15) is 12.4 Å². The lowest BCUT2D eigenvalue weighted by molar-refractivity contribution is -0.122. The normalized spacial score (nSPS) is 16.3. The number of rotatable bonds is 6. The summed E-state index contributed by atoms with van der Waals surface area (Å²) in [4.78, 5) is 29.1. The Morgan fingerprint density at radius 2 is 2.03 bits per heavy atom. The molecule has 0 radical (unpaired) electrons. The third kappa shape index (κ3) is 4.93. The lowest BCUT2D eigenvalue weighted by Crippen LogP contribution is -2.42. The topological polar surface area (TPSA) is 67.2 Å². The average Bonchev–Trinajstić information content (AvgIpc) is 3.42. The molecule has 0 bridgehead atoms. The fourth-order valence-electron chi connectivity index (χ4n) is 4.14. The Labute approximate surface area is 209 Å². The molecule has 0 spiro atoms. The van der Waals surface area contributed by atoms with E-state index in [1.54, 1.807) is 28.0 Å². The Morgan fingerprint density at radius 3 is 2.68 bits per heavy atom. The van der Waals surface area contributed by atoms with Gasteiger partial charge in [-0.3, -0.25) is 14.5 Å². The highest BCUT2D eigenvalue weighted by molar-refractivity contribution is 8.00. The van der Waals surface area contributed by atoms with Gasteiger partial charge >= 0.3 is 0 Å². The maximum Gasteiger partial charge on any atom is 0.240 e. The van der Waals surface area contributed by atoms with Crippen molar-refractivity contribution in [2.24, 2.45) is 0 Å². The van der Waals surface area contributed by atoms with E-state index in [2.05, 4.69) is 43.6 Å². The molecule has 2 amide bonds. The number of thioether (sulfide) groups is 1. The van der Waals surface area contributed by atoms with Crippen molar-refractivity contribution in [3.8, 4) is 5.69 Å². The lowest BCUT2D eigenvalue weighted by Gasteiger charge is -2.24. The van der Waals surface area contributed by atoms with Gasteiger partial charge in [0.15, 0.2) is 0 Å². The molecule has 1 unspecified atom stereocenters. The molecule has 34 heavy (non-hydrogen) atoms. The molecule has 1 N–H and O–H groups in total. The maximum absolute atomic E-state index is 13.5. The molecule has 1 aliphatic rings. The summed E-state index contributed by atoms with van der Waals surface area (Å²) in [6.45, 7) is 11.1. The van der Waals surface area contributed by atoms with E-state index in [1.807, 2.05) is 42.8 Å². The number of amides is 2. The summed E-state index contributed by atoms with van der Waals surface area (Å²) in [7, 11) is 0. The van der Waals surface area contributed by atoms with Crippen molar-refractivity contribution in [2.75, 3.05) is 23.7 Å². The molecule has 2 aromatic heterocycles. The van der Waals surface area contributed by atoms with Crippen molar-refractivity contribution in [3.05, 3.63) is 63.5 Å². The summed E-state index contributed by atoms with van der Waals surface area (Å²) >= 11 is 3.31. The van der Waals surface area contributed by atoms with Crippen molar-refractivity contribution in [1.29, 1.82) is 0 Å². The summed E-state index contributed by atoms with van der Waals surface area (Å²) in [5.41, 5.74) is 3.71. The van der Waals surface area contributed by atoms with Gasteiger partial charge in [0.05, 0.1) is 22.4 Å². The predicted octanol–water partition coefficient (Wildman–Crippen LogP) is 5.24. The number of carbonyl (C=O) groups is 2. The van der Waals surface area contributed by atoms with Crippen LogP contribution in [0.5, 0.6) is 0 Å². The Balaban J connectivity index is 1.98. The predicted molar refractivity (Wildman–Crippen MR) is 141 cm³/mol. The quantitative estimate of drug-likeness (QED) is 0.507. The Hall–Kier alpha value is -2.58. The first-order chi connectivity index (χ1) is 16.2. The van der Waals surface area contributed by atoms with Gasteiger partial charge in [-0.15, -0.1) is 23.1 Å². The van der Waals surface area contributed by atoms with Crippen LogP contribution in [-0.2, 0) is 15.0 Å². The summed E-state index contributed by atoms with van der Waals surface area (Å²) < 4.78 is 1.88. The van der Waals surface area contributed by atoms with Crippen LogP contribution in [0.1, 0.15) is 61.1 Å². The Morgan fingerprint density at radius 1 is 1.24 bits per heavy atom. The van der Waals surface area contributed by atoms with Crippen LogP contribution < -0.4 is 10.2 Å². The van der Waals surface area contributed by atoms with E-state index in [0.29, 0.717) is 18.1 Å². The molecular weight excluding hydrogens is 464 g/mol. The molecule has 1 aromatic carbocycles. The number of anilines is 1. The number of benzene rings is 1. The Bertz CT molecular complexity index is 1180. The van der Waals surface area contributed by atoms with Crippen LogP contribution in [0.3, 0.4) is 0 Å². The molecule has 0 fully saturated rings. The number of aromatic nitrogens is 2. The standard InChI is InChI=1S/C26H32N4O2S2/c1-6-12-27-20(31)15-29-21(32)16-34-23(19-11-8-13-33-19)22-24(26(3,4)5)28-30(25(22)29)18-10-7-9-17(2)14-18/h7-11,13-14,23H,6,12,15-16H2,1-5H3,(H,27,31). The van der Waals surface area contributed by atoms with Crippen molar-refractivity contribution >= 4 is 40.7 Å². The molecule has 0 saturated heterocycles. The highest BCUT2D eigenvalue weighted by atomic mass is 32.2. The number of aryl methyl sites for hydroxylation is 1. The largest absolute Gasteiger partial charge is 0.355 e. The number of nitrogens with one attached hydrogen (secondary N) is 1. The van der Waals surface area contributed by atoms with Gasteiger partial charge in [-0.05, 0) is 42.5 Å². The van der Waals surface area contributed by atoms with Gasteiger partial charge in [0.25, 0.3) is 0 Å². The van der Waals surface area contributed by atoms with Gasteiger partial charge < -0.3 is 5.32 Å². The molecule has 3 heterocycles. The van der Waals surface area contributed by atoms with Gasteiger partial charge in [-0.2, -0.15) is 5.10 Å². The highest BCUT2D eigenvalue weighted by Crippen LogP contribution is 2.49. The van der Waals surface area contributed by atoms with E-state index in [0.717, 1.165) is 28.9 Å². The maximum atomic E-state index is 13.5. The van der Waals surface area contributed by atoms with Crippen molar-refractivity contribution in [3.63, 3.8) is 0 Å². The zero-order chi connectivity index (χ0) is 24.5. The minimum atomic E-state index is -0.251. The number of carbonyl (C=O) groups excluding carboxylic acids is 2. The number of fused-ring (bicyclic) bond motifs is 1.